The van der Waals surface area contributed by atoms with Crippen molar-refractivity contribution in [2.45, 2.75) is 25.1 Å². The minimum Gasteiger partial charge on any atom is -0.478 e. The Kier molecular flexibility index (Phi) is 4.59. The number of aromatic nitrogens is 2. The Morgan fingerprint density at radius 1 is 1.47 bits per heavy atom. The van der Waals surface area contributed by atoms with E-state index in [2.05, 4.69) is 15.3 Å². The van der Waals surface area contributed by atoms with E-state index in [0.29, 0.717) is 5.69 Å². The Morgan fingerprint density at radius 2 is 2.11 bits per heavy atom. The molecule has 0 saturated carbocycles. The number of carboxylic acids is 1. The molecule has 19 heavy (non-hydrogen) atoms. The lowest BCUT2D eigenvalue weighted by molar-refractivity contribution is 0.0694. The minimum atomic E-state index is -3.19. The molecule has 0 fully saturated rings. The van der Waals surface area contributed by atoms with Gasteiger partial charge in [0.15, 0.2) is 9.84 Å². The van der Waals surface area contributed by atoms with Crippen molar-refractivity contribution in [1.29, 1.82) is 0 Å². The summed E-state index contributed by atoms with van der Waals surface area (Å²) in [7, 11) is -3.19. The summed E-state index contributed by atoms with van der Waals surface area (Å²) in [5, 5.41) is 11.9. The highest BCUT2D eigenvalue weighted by Gasteiger charge is 2.29. The van der Waals surface area contributed by atoms with Crippen molar-refractivity contribution < 1.29 is 18.3 Å². The predicted octanol–water partition coefficient (Wildman–Crippen LogP) is 0.0876. The largest absolute Gasteiger partial charge is 0.478 e. The second-order valence-corrected chi connectivity index (χ2v) is 7.47. The third-order valence-corrected chi connectivity index (χ3v) is 5.02. The monoisotopic (exact) mass is 287 g/mol. The summed E-state index contributed by atoms with van der Waals surface area (Å²) in [5.41, 5.74) is 0.332. The van der Waals surface area contributed by atoms with Gasteiger partial charge in [-0.3, -0.25) is 0 Å². The van der Waals surface area contributed by atoms with Crippen LogP contribution in [-0.4, -0.2) is 47.0 Å². The van der Waals surface area contributed by atoms with E-state index in [0.717, 1.165) is 0 Å². The molecule has 7 nitrogen and oxygen atoms in total. The van der Waals surface area contributed by atoms with E-state index in [1.807, 2.05) is 0 Å². The summed E-state index contributed by atoms with van der Waals surface area (Å²) < 4.78 is 22.1. The first-order chi connectivity index (χ1) is 8.65. The van der Waals surface area contributed by atoms with Gasteiger partial charge in [-0.25, -0.2) is 23.2 Å². The molecule has 0 amide bonds. The molecule has 1 heterocycles. The van der Waals surface area contributed by atoms with Crippen LogP contribution in [-0.2, 0) is 16.4 Å². The quantitative estimate of drug-likeness (QED) is 0.763. The summed E-state index contributed by atoms with van der Waals surface area (Å²) in [6, 6.07) is 0. The smallest absolute Gasteiger partial charge is 0.339 e. The second-order valence-electron chi connectivity index (χ2n) is 4.82. The average molecular weight is 287 g/mol. The lowest BCUT2D eigenvalue weighted by atomic mass is 10.2. The molecule has 0 radical (unpaired) electrons. The summed E-state index contributed by atoms with van der Waals surface area (Å²) in [6.07, 6.45) is 3.64. The van der Waals surface area contributed by atoms with Gasteiger partial charge in [0.1, 0.15) is 11.9 Å². The molecule has 0 unspecified atom stereocenters. The van der Waals surface area contributed by atoms with Gasteiger partial charge in [-0.05, 0) is 13.8 Å². The van der Waals surface area contributed by atoms with Crippen molar-refractivity contribution in [3.05, 3.63) is 23.8 Å². The van der Waals surface area contributed by atoms with Gasteiger partial charge in [0.25, 0.3) is 0 Å². The van der Waals surface area contributed by atoms with Crippen molar-refractivity contribution >= 4 is 15.8 Å². The maximum Gasteiger partial charge on any atom is 0.339 e. The number of carbonyl (C=O) groups is 1. The van der Waals surface area contributed by atoms with Crippen LogP contribution in [0.1, 0.15) is 29.9 Å². The molecule has 1 rings (SSSR count). The van der Waals surface area contributed by atoms with Crippen molar-refractivity contribution in [1.82, 2.24) is 15.3 Å². The lowest BCUT2D eigenvalue weighted by Crippen LogP contribution is -2.41. The first-order valence-corrected chi connectivity index (χ1v) is 7.47. The van der Waals surface area contributed by atoms with Gasteiger partial charge in [-0.15, -0.1) is 0 Å². The summed E-state index contributed by atoms with van der Waals surface area (Å²) in [4.78, 5) is 18.5. The third kappa shape index (κ3) is 3.97. The molecule has 0 spiro atoms. The molecule has 0 aliphatic carbocycles. The number of hydrogen-bond acceptors (Lipinski definition) is 6. The number of aromatic carboxylic acids is 1. The van der Waals surface area contributed by atoms with Gasteiger partial charge >= 0.3 is 5.97 Å². The zero-order valence-electron chi connectivity index (χ0n) is 11.0. The predicted molar refractivity (Wildman–Crippen MR) is 69.6 cm³/mol. The molecule has 8 heteroatoms. The van der Waals surface area contributed by atoms with Gasteiger partial charge in [-0.1, -0.05) is 0 Å². The number of sulfone groups is 1. The van der Waals surface area contributed by atoms with Crippen LogP contribution in [0.5, 0.6) is 0 Å². The Balaban J connectivity index is 2.72. The Hall–Kier alpha value is -1.54. The molecule has 0 aromatic carbocycles. The van der Waals surface area contributed by atoms with Gasteiger partial charge in [0, 0.05) is 25.5 Å². The summed E-state index contributed by atoms with van der Waals surface area (Å²) >= 11 is 0. The van der Waals surface area contributed by atoms with Crippen LogP contribution in [0.2, 0.25) is 0 Å². The van der Waals surface area contributed by atoms with Crippen molar-refractivity contribution in [2.75, 3.05) is 12.8 Å². The van der Waals surface area contributed by atoms with Gasteiger partial charge in [-0.2, -0.15) is 0 Å². The van der Waals surface area contributed by atoms with Crippen LogP contribution in [0.4, 0.5) is 0 Å². The Bertz CT molecular complexity index is 569. The number of rotatable bonds is 6. The molecule has 1 aromatic rings. The first kappa shape index (κ1) is 15.5. The standard InChI is InChI=1S/C11H17N3O4S/c1-11(2,19(3,17)18)6-12-5-9-8(10(15)16)4-13-7-14-9/h4,7,12H,5-6H2,1-3H3,(H,15,16). The fourth-order valence-corrected chi connectivity index (χ4v) is 1.65. The number of nitrogens with one attached hydrogen (secondary N) is 1. The molecule has 1 aromatic heterocycles. The van der Waals surface area contributed by atoms with Crippen molar-refractivity contribution in [3.63, 3.8) is 0 Å². The Labute approximate surface area is 112 Å². The highest BCUT2D eigenvalue weighted by molar-refractivity contribution is 7.92. The zero-order valence-corrected chi connectivity index (χ0v) is 11.9. The summed E-state index contributed by atoms with van der Waals surface area (Å²) in [6.45, 7) is 3.58. The van der Waals surface area contributed by atoms with E-state index in [1.165, 1.54) is 18.8 Å². The van der Waals surface area contributed by atoms with E-state index >= 15 is 0 Å². The molecular weight excluding hydrogens is 270 g/mol. The Morgan fingerprint density at radius 3 is 2.63 bits per heavy atom. The van der Waals surface area contributed by atoms with Crippen LogP contribution >= 0.6 is 0 Å². The normalized spacial score (nSPS) is 12.4. The fourth-order valence-electron chi connectivity index (χ4n) is 1.29. The highest BCUT2D eigenvalue weighted by Crippen LogP contribution is 2.13. The molecule has 2 N–H and O–H groups in total. The van der Waals surface area contributed by atoms with Crippen LogP contribution in [0.15, 0.2) is 12.5 Å². The van der Waals surface area contributed by atoms with Crippen LogP contribution < -0.4 is 5.32 Å². The van der Waals surface area contributed by atoms with E-state index in [4.69, 9.17) is 5.11 Å². The minimum absolute atomic E-state index is 0.00663. The van der Waals surface area contributed by atoms with Gasteiger partial charge in [0.05, 0.1) is 10.4 Å². The maximum atomic E-state index is 11.5. The second kappa shape index (κ2) is 5.62. The third-order valence-electron chi connectivity index (χ3n) is 2.87. The maximum absolute atomic E-state index is 11.5. The molecule has 0 aliphatic rings. The molecule has 0 bridgehead atoms. The van der Waals surface area contributed by atoms with E-state index in [9.17, 15) is 13.2 Å². The van der Waals surface area contributed by atoms with E-state index in [-0.39, 0.29) is 18.7 Å². The molecule has 0 saturated heterocycles. The van der Waals surface area contributed by atoms with E-state index < -0.39 is 20.6 Å². The molecule has 0 aliphatic heterocycles. The van der Waals surface area contributed by atoms with Crippen molar-refractivity contribution in [2.24, 2.45) is 0 Å². The molecule has 0 atom stereocenters. The average Bonchev–Trinajstić information content (AvgIpc) is 2.27. The molecular formula is C11H17N3O4S. The highest BCUT2D eigenvalue weighted by atomic mass is 32.2. The first-order valence-electron chi connectivity index (χ1n) is 5.57. The number of carboxylic acid groups (broad SMARTS) is 1. The lowest BCUT2D eigenvalue weighted by Gasteiger charge is -2.22. The molecule has 106 valence electrons. The number of nitrogens with zero attached hydrogens (tertiary/aromatic N) is 2. The number of hydrogen-bond donors (Lipinski definition) is 2. The zero-order chi connectivity index (χ0) is 14.7. The van der Waals surface area contributed by atoms with Crippen LogP contribution in [0.3, 0.4) is 0 Å². The fraction of sp³-hybridized carbons (Fsp3) is 0.545. The SMILES string of the molecule is CC(C)(CNCc1ncncc1C(=O)O)S(C)(=O)=O. The van der Waals surface area contributed by atoms with E-state index in [1.54, 1.807) is 13.8 Å². The van der Waals surface area contributed by atoms with Gasteiger partial charge in [0.2, 0.25) is 0 Å². The van der Waals surface area contributed by atoms with Gasteiger partial charge < -0.3 is 10.4 Å². The van der Waals surface area contributed by atoms with Crippen LogP contribution in [0.25, 0.3) is 0 Å². The summed E-state index contributed by atoms with van der Waals surface area (Å²) in [5.74, 6) is -1.11. The van der Waals surface area contributed by atoms with Crippen LogP contribution in [0, 0.1) is 0 Å². The van der Waals surface area contributed by atoms with Crippen molar-refractivity contribution in [3.8, 4) is 0 Å². The topological polar surface area (TPSA) is 109 Å².